The van der Waals surface area contributed by atoms with E-state index in [0.29, 0.717) is 43.2 Å². The Balaban J connectivity index is 1.43. The highest BCUT2D eigenvalue weighted by molar-refractivity contribution is 7.89. The van der Waals surface area contributed by atoms with E-state index in [4.69, 9.17) is 4.52 Å². The van der Waals surface area contributed by atoms with E-state index >= 15 is 0 Å². The average molecular weight is 407 g/mol. The molecule has 0 radical (unpaired) electrons. The first-order valence-corrected chi connectivity index (χ1v) is 10.9. The summed E-state index contributed by atoms with van der Waals surface area (Å²) < 4.78 is 34.0. The lowest BCUT2D eigenvalue weighted by atomic mass is 9.78. The third-order valence-electron chi connectivity index (χ3n) is 6.05. The molecule has 4 rings (SSSR count). The van der Waals surface area contributed by atoms with Gasteiger partial charge in [0.05, 0.1) is 12.0 Å². The number of rotatable bonds is 3. The van der Waals surface area contributed by atoms with Crippen LogP contribution in [-0.2, 0) is 17.1 Å². The second-order valence-electron chi connectivity index (χ2n) is 7.96. The second kappa shape index (κ2) is 6.70. The number of imidazole rings is 1. The molecule has 0 unspecified atom stereocenters. The maximum Gasteiger partial charge on any atom is 0.262 e. The van der Waals surface area contributed by atoms with E-state index in [2.05, 4.69) is 10.1 Å². The number of amides is 1. The van der Waals surface area contributed by atoms with Gasteiger partial charge in [-0.1, -0.05) is 5.16 Å². The van der Waals surface area contributed by atoms with Crippen LogP contribution in [0.15, 0.2) is 22.1 Å². The third-order valence-corrected chi connectivity index (χ3v) is 7.78. The first-order valence-electron chi connectivity index (χ1n) is 9.42. The summed E-state index contributed by atoms with van der Waals surface area (Å²) in [6.07, 6.45) is 5.42. The molecule has 9 nitrogen and oxygen atoms in total. The molecule has 0 aromatic carbocycles. The van der Waals surface area contributed by atoms with Gasteiger partial charge in [-0.05, 0) is 38.5 Å². The number of carbonyl (C=O) groups is 1. The minimum Gasteiger partial charge on any atom is -0.361 e. The molecule has 2 saturated heterocycles. The zero-order valence-electron chi connectivity index (χ0n) is 16.4. The number of hydrogen-bond donors (Lipinski definition) is 0. The van der Waals surface area contributed by atoms with Crippen molar-refractivity contribution < 1.29 is 17.7 Å². The molecule has 10 heteroatoms. The van der Waals surface area contributed by atoms with Crippen LogP contribution in [0.4, 0.5) is 0 Å². The van der Waals surface area contributed by atoms with Crippen LogP contribution in [0.1, 0.15) is 41.1 Å². The molecule has 2 aliphatic heterocycles. The van der Waals surface area contributed by atoms with Gasteiger partial charge in [0.2, 0.25) is 0 Å². The quantitative estimate of drug-likeness (QED) is 0.761. The van der Waals surface area contributed by atoms with Crippen molar-refractivity contribution in [1.82, 2.24) is 23.9 Å². The molecule has 2 fully saturated rings. The van der Waals surface area contributed by atoms with Gasteiger partial charge in [0.15, 0.2) is 5.03 Å². The van der Waals surface area contributed by atoms with Crippen molar-refractivity contribution in [3.8, 4) is 0 Å². The van der Waals surface area contributed by atoms with E-state index in [9.17, 15) is 13.2 Å². The Morgan fingerprint density at radius 3 is 2.43 bits per heavy atom. The molecule has 2 aromatic rings. The first kappa shape index (κ1) is 19.1. The van der Waals surface area contributed by atoms with E-state index in [-0.39, 0.29) is 16.3 Å². The van der Waals surface area contributed by atoms with Crippen LogP contribution in [0.3, 0.4) is 0 Å². The fraction of sp³-hybridized carbons (Fsp3) is 0.611. The predicted molar refractivity (Wildman–Crippen MR) is 100 cm³/mol. The van der Waals surface area contributed by atoms with Crippen LogP contribution in [0.25, 0.3) is 0 Å². The molecule has 4 heterocycles. The number of hydrogen-bond acceptors (Lipinski definition) is 6. The number of carbonyl (C=O) groups excluding carboxylic acids is 1. The van der Waals surface area contributed by atoms with E-state index in [1.54, 1.807) is 29.8 Å². The van der Waals surface area contributed by atoms with Gasteiger partial charge in [0, 0.05) is 39.4 Å². The van der Waals surface area contributed by atoms with Crippen LogP contribution in [-0.4, -0.2) is 64.4 Å². The van der Waals surface area contributed by atoms with E-state index in [1.807, 2.05) is 4.90 Å². The number of nitrogens with zero attached hydrogens (tertiary/aromatic N) is 5. The van der Waals surface area contributed by atoms with Crippen molar-refractivity contribution in [2.24, 2.45) is 12.5 Å². The standard InChI is InChI=1S/C18H25N5O4S/c1-13-16(14(2)27-20-13)17(24)22-7-4-18(5-8-22)6-9-23(11-18)28(25,26)15-10-21(3)12-19-15/h10,12H,4-9,11H2,1-3H3. The molecular weight excluding hydrogens is 382 g/mol. The summed E-state index contributed by atoms with van der Waals surface area (Å²) in [7, 11) is -1.82. The van der Waals surface area contributed by atoms with Crippen molar-refractivity contribution >= 4 is 15.9 Å². The summed E-state index contributed by atoms with van der Waals surface area (Å²) in [5.41, 5.74) is 1.08. The normalized spacial score (nSPS) is 20.2. The Labute approximate surface area is 164 Å². The largest absolute Gasteiger partial charge is 0.361 e. The summed E-state index contributed by atoms with van der Waals surface area (Å²) in [6, 6.07) is 0. The zero-order valence-corrected chi connectivity index (χ0v) is 17.2. The Kier molecular flexibility index (Phi) is 4.58. The molecule has 1 spiro atoms. The Bertz CT molecular complexity index is 982. The van der Waals surface area contributed by atoms with E-state index < -0.39 is 10.0 Å². The molecular formula is C18H25N5O4S. The molecule has 2 aromatic heterocycles. The van der Waals surface area contributed by atoms with E-state index in [0.717, 1.165) is 19.3 Å². The SMILES string of the molecule is Cc1noc(C)c1C(=O)N1CCC2(CC1)CCN(S(=O)(=O)c1cn(C)cn1)C2. The van der Waals surface area contributed by atoms with Crippen molar-refractivity contribution in [3.05, 3.63) is 29.5 Å². The third kappa shape index (κ3) is 3.14. The van der Waals surface area contributed by atoms with Gasteiger partial charge >= 0.3 is 0 Å². The number of sulfonamides is 1. The molecule has 2 aliphatic rings. The van der Waals surface area contributed by atoms with Crippen LogP contribution < -0.4 is 0 Å². The molecule has 0 bridgehead atoms. The molecule has 0 aliphatic carbocycles. The van der Waals surface area contributed by atoms with Crippen molar-refractivity contribution in [2.75, 3.05) is 26.2 Å². The monoisotopic (exact) mass is 407 g/mol. The molecule has 1 amide bonds. The zero-order chi connectivity index (χ0) is 20.1. The maximum absolute atomic E-state index is 12.8. The minimum atomic E-state index is -3.57. The van der Waals surface area contributed by atoms with E-state index in [1.165, 1.54) is 12.5 Å². The van der Waals surface area contributed by atoms with Crippen molar-refractivity contribution in [3.63, 3.8) is 0 Å². The van der Waals surface area contributed by atoms with Gasteiger partial charge in [-0.3, -0.25) is 4.79 Å². The van der Waals surface area contributed by atoms with Gasteiger partial charge in [0.25, 0.3) is 15.9 Å². The lowest BCUT2D eigenvalue weighted by Gasteiger charge is -2.39. The number of aryl methyl sites for hydroxylation is 3. The summed E-state index contributed by atoms with van der Waals surface area (Å²) in [5, 5.41) is 3.96. The molecule has 28 heavy (non-hydrogen) atoms. The van der Waals surface area contributed by atoms with Gasteiger partial charge in [-0.25, -0.2) is 13.4 Å². The highest BCUT2D eigenvalue weighted by atomic mass is 32.2. The molecule has 0 N–H and O–H groups in total. The number of likely N-dealkylation sites (tertiary alicyclic amines) is 1. The minimum absolute atomic E-state index is 0.0536. The Morgan fingerprint density at radius 1 is 1.18 bits per heavy atom. The van der Waals surface area contributed by atoms with Gasteiger partial charge in [-0.15, -0.1) is 0 Å². The molecule has 0 saturated carbocycles. The van der Waals surface area contributed by atoms with Gasteiger partial charge in [-0.2, -0.15) is 4.31 Å². The molecule has 152 valence electrons. The summed E-state index contributed by atoms with van der Waals surface area (Å²) >= 11 is 0. The molecule has 0 atom stereocenters. The van der Waals surface area contributed by atoms with Gasteiger partial charge < -0.3 is 14.0 Å². The lowest BCUT2D eigenvalue weighted by Crippen LogP contribution is -2.45. The van der Waals surface area contributed by atoms with Crippen molar-refractivity contribution in [2.45, 2.75) is 38.1 Å². The van der Waals surface area contributed by atoms with Crippen LogP contribution in [0, 0.1) is 19.3 Å². The Hall–Kier alpha value is -2.20. The highest BCUT2D eigenvalue weighted by Gasteiger charge is 2.45. The van der Waals surface area contributed by atoms with Crippen LogP contribution in [0.5, 0.6) is 0 Å². The summed E-state index contributed by atoms with van der Waals surface area (Å²) in [6.45, 7) is 5.72. The maximum atomic E-state index is 12.8. The fourth-order valence-corrected chi connectivity index (χ4v) is 5.81. The van der Waals surface area contributed by atoms with Crippen LogP contribution >= 0.6 is 0 Å². The fourth-order valence-electron chi connectivity index (χ4n) is 4.29. The topological polar surface area (TPSA) is 102 Å². The highest BCUT2D eigenvalue weighted by Crippen LogP contribution is 2.42. The Morgan fingerprint density at radius 2 is 1.86 bits per heavy atom. The van der Waals surface area contributed by atoms with Crippen LogP contribution in [0.2, 0.25) is 0 Å². The number of aromatic nitrogens is 3. The first-order chi connectivity index (χ1) is 13.2. The van der Waals surface area contributed by atoms with Crippen molar-refractivity contribution in [1.29, 1.82) is 0 Å². The summed E-state index contributed by atoms with van der Waals surface area (Å²) in [4.78, 5) is 18.7. The number of piperidine rings is 1. The average Bonchev–Trinajstić information content (AvgIpc) is 3.36. The second-order valence-corrected chi connectivity index (χ2v) is 9.84. The van der Waals surface area contributed by atoms with Gasteiger partial charge in [0.1, 0.15) is 11.3 Å². The smallest absolute Gasteiger partial charge is 0.262 e. The lowest BCUT2D eigenvalue weighted by molar-refractivity contribution is 0.0597. The predicted octanol–water partition coefficient (Wildman–Crippen LogP) is 1.34. The summed E-state index contributed by atoms with van der Waals surface area (Å²) in [5.74, 6) is 0.485.